The van der Waals surface area contributed by atoms with E-state index < -0.39 is 0 Å². The van der Waals surface area contributed by atoms with Crippen LogP contribution in [0.25, 0.3) is 0 Å². The first-order chi connectivity index (χ1) is 7.95. The van der Waals surface area contributed by atoms with Crippen LogP contribution in [0.15, 0.2) is 45.0 Å². The highest BCUT2D eigenvalue weighted by Gasteiger charge is 1.87. The van der Waals surface area contributed by atoms with E-state index in [9.17, 15) is 0 Å². The molecule has 0 saturated heterocycles. The smallest absolute Gasteiger partial charge is 0.0585 e. The summed E-state index contributed by atoms with van der Waals surface area (Å²) in [5, 5.41) is 4.10. The van der Waals surface area contributed by atoms with E-state index in [0.29, 0.717) is 0 Å². The summed E-state index contributed by atoms with van der Waals surface area (Å²) in [6.45, 7) is 1.50. The molecule has 0 aromatic carbocycles. The summed E-state index contributed by atoms with van der Waals surface area (Å²) < 4.78 is 0. The lowest BCUT2D eigenvalue weighted by Crippen LogP contribution is -1.88. The standard InChI is InChI=1S/C12H12N2S2/c1-3-11(15-7-1)9-13-5-6-14-10-12-4-2-8-16-12/h1-4,7-10H,5-6H2/b13-9+,14-10+. The minimum atomic E-state index is 0.750. The van der Waals surface area contributed by atoms with Crippen LogP contribution in [0.5, 0.6) is 0 Å². The van der Waals surface area contributed by atoms with Crippen LogP contribution in [0.4, 0.5) is 0 Å². The van der Waals surface area contributed by atoms with E-state index >= 15 is 0 Å². The van der Waals surface area contributed by atoms with Crippen molar-refractivity contribution < 1.29 is 0 Å². The van der Waals surface area contributed by atoms with Crippen LogP contribution in [0, 0.1) is 0 Å². The zero-order valence-corrected chi connectivity index (χ0v) is 10.4. The minimum Gasteiger partial charge on any atom is -0.290 e. The molecule has 0 spiro atoms. The number of nitrogens with zero attached hydrogens (tertiary/aromatic N) is 2. The highest BCUT2D eigenvalue weighted by atomic mass is 32.1. The van der Waals surface area contributed by atoms with Gasteiger partial charge in [-0.25, -0.2) is 0 Å². The lowest BCUT2D eigenvalue weighted by atomic mass is 10.5. The van der Waals surface area contributed by atoms with Gasteiger partial charge in [-0.1, -0.05) is 12.1 Å². The summed E-state index contributed by atoms with van der Waals surface area (Å²) in [5.41, 5.74) is 0. The van der Waals surface area contributed by atoms with E-state index in [1.54, 1.807) is 22.7 Å². The van der Waals surface area contributed by atoms with Crippen LogP contribution in [0.1, 0.15) is 9.75 Å². The quantitative estimate of drug-likeness (QED) is 0.572. The molecule has 2 heterocycles. The van der Waals surface area contributed by atoms with E-state index in [1.165, 1.54) is 9.75 Å². The molecule has 2 rings (SSSR count). The maximum atomic E-state index is 4.31. The van der Waals surface area contributed by atoms with Crippen molar-refractivity contribution in [2.24, 2.45) is 9.98 Å². The molecule has 2 aromatic heterocycles. The van der Waals surface area contributed by atoms with Crippen LogP contribution < -0.4 is 0 Å². The van der Waals surface area contributed by atoms with Crippen molar-refractivity contribution in [2.45, 2.75) is 0 Å². The van der Waals surface area contributed by atoms with Gasteiger partial charge < -0.3 is 0 Å². The first kappa shape index (κ1) is 11.2. The second-order valence-corrected chi connectivity index (χ2v) is 5.06. The first-order valence-corrected chi connectivity index (χ1v) is 6.78. The van der Waals surface area contributed by atoms with Crippen LogP contribution in [-0.4, -0.2) is 25.5 Å². The number of hydrogen-bond acceptors (Lipinski definition) is 4. The molecular weight excluding hydrogens is 236 g/mol. The molecule has 0 fully saturated rings. The Morgan fingerprint density at radius 1 is 0.875 bits per heavy atom. The zero-order chi connectivity index (χ0) is 11.1. The number of hydrogen-bond donors (Lipinski definition) is 0. The average Bonchev–Trinajstić information content (AvgIpc) is 2.96. The van der Waals surface area contributed by atoms with Gasteiger partial charge >= 0.3 is 0 Å². The van der Waals surface area contributed by atoms with Crippen LogP contribution >= 0.6 is 22.7 Å². The fourth-order valence-corrected chi connectivity index (χ4v) is 2.37. The summed E-state index contributed by atoms with van der Waals surface area (Å²) in [5.74, 6) is 0. The third-order valence-electron chi connectivity index (χ3n) is 1.88. The van der Waals surface area contributed by atoms with Gasteiger partial charge in [-0.3, -0.25) is 9.98 Å². The number of aliphatic imine (C=N–C) groups is 2. The Balaban J connectivity index is 1.69. The second kappa shape index (κ2) is 6.35. The zero-order valence-electron chi connectivity index (χ0n) is 8.74. The molecule has 0 saturated carbocycles. The molecule has 0 N–H and O–H groups in total. The normalized spacial score (nSPS) is 11.8. The SMILES string of the molecule is C(=N\CC/N=C/c1cccs1)/c1cccs1. The van der Waals surface area contributed by atoms with Gasteiger partial charge in [0.2, 0.25) is 0 Å². The summed E-state index contributed by atoms with van der Waals surface area (Å²) in [7, 11) is 0. The van der Waals surface area contributed by atoms with Crippen molar-refractivity contribution in [3.8, 4) is 0 Å². The molecule has 0 aliphatic carbocycles. The summed E-state index contributed by atoms with van der Waals surface area (Å²) in [4.78, 5) is 11.0. The highest BCUT2D eigenvalue weighted by Crippen LogP contribution is 2.05. The fraction of sp³-hybridized carbons (Fsp3) is 0.167. The number of rotatable bonds is 5. The fourth-order valence-electron chi connectivity index (χ4n) is 1.15. The van der Waals surface area contributed by atoms with Gasteiger partial charge in [0.25, 0.3) is 0 Å². The first-order valence-electron chi connectivity index (χ1n) is 5.02. The van der Waals surface area contributed by atoms with Gasteiger partial charge in [0.1, 0.15) is 0 Å². The molecule has 82 valence electrons. The Labute approximate surface area is 103 Å². The Morgan fingerprint density at radius 2 is 1.38 bits per heavy atom. The van der Waals surface area contributed by atoms with Crippen molar-refractivity contribution in [2.75, 3.05) is 13.1 Å². The Hall–Kier alpha value is -1.26. The Morgan fingerprint density at radius 3 is 1.75 bits per heavy atom. The maximum absolute atomic E-state index is 4.31. The molecule has 0 aliphatic heterocycles. The highest BCUT2D eigenvalue weighted by molar-refractivity contribution is 7.12. The topological polar surface area (TPSA) is 24.7 Å². The summed E-state index contributed by atoms with van der Waals surface area (Å²) in [6.07, 6.45) is 3.82. The van der Waals surface area contributed by atoms with Crippen molar-refractivity contribution >= 4 is 35.1 Å². The molecule has 0 atom stereocenters. The molecule has 2 aromatic rings. The van der Waals surface area contributed by atoms with Crippen molar-refractivity contribution in [3.05, 3.63) is 44.8 Å². The molecule has 0 bridgehead atoms. The van der Waals surface area contributed by atoms with E-state index in [2.05, 4.69) is 32.9 Å². The van der Waals surface area contributed by atoms with E-state index in [4.69, 9.17) is 0 Å². The molecule has 4 heteroatoms. The molecule has 0 radical (unpaired) electrons. The van der Waals surface area contributed by atoms with Crippen molar-refractivity contribution in [3.63, 3.8) is 0 Å². The Bertz CT molecular complexity index is 397. The van der Waals surface area contributed by atoms with Gasteiger partial charge in [0, 0.05) is 22.2 Å². The van der Waals surface area contributed by atoms with Gasteiger partial charge in [0.05, 0.1) is 13.1 Å². The third kappa shape index (κ3) is 3.72. The molecule has 0 unspecified atom stereocenters. The summed E-state index contributed by atoms with van der Waals surface area (Å²) >= 11 is 3.40. The predicted octanol–water partition coefficient (Wildman–Crippen LogP) is 3.35. The molecule has 0 amide bonds. The van der Waals surface area contributed by atoms with Crippen LogP contribution in [0.3, 0.4) is 0 Å². The molecule has 16 heavy (non-hydrogen) atoms. The molecular formula is C12H12N2S2. The lowest BCUT2D eigenvalue weighted by Gasteiger charge is -1.88. The second-order valence-electron chi connectivity index (χ2n) is 3.10. The average molecular weight is 248 g/mol. The van der Waals surface area contributed by atoms with Gasteiger partial charge in [-0.05, 0) is 22.9 Å². The van der Waals surface area contributed by atoms with Crippen LogP contribution in [-0.2, 0) is 0 Å². The van der Waals surface area contributed by atoms with E-state index in [1.807, 2.05) is 24.6 Å². The molecule has 2 nitrogen and oxygen atoms in total. The van der Waals surface area contributed by atoms with Crippen LogP contribution in [0.2, 0.25) is 0 Å². The van der Waals surface area contributed by atoms with Gasteiger partial charge in [0.15, 0.2) is 0 Å². The molecule has 0 aliphatic rings. The predicted molar refractivity (Wildman–Crippen MR) is 73.6 cm³/mol. The largest absolute Gasteiger partial charge is 0.290 e. The maximum Gasteiger partial charge on any atom is 0.0585 e. The lowest BCUT2D eigenvalue weighted by molar-refractivity contribution is 0.986. The number of thiophene rings is 2. The Kier molecular flexibility index (Phi) is 4.46. The van der Waals surface area contributed by atoms with E-state index in [-0.39, 0.29) is 0 Å². The van der Waals surface area contributed by atoms with Gasteiger partial charge in [-0.15, -0.1) is 22.7 Å². The van der Waals surface area contributed by atoms with Gasteiger partial charge in [-0.2, -0.15) is 0 Å². The summed E-state index contributed by atoms with van der Waals surface area (Å²) in [6, 6.07) is 8.17. The minimum absolute atomic E-state index is 0.750. The van der Waals surface area contributed by atoms with E-state index in [0.717, 1.165) is 13.1 Å². The monoisotopic (exact) mass is 248 g/mol. The third-order valence-corrected chi connectivity index (χ3v) is 3.50. The van der Waals surface area contributed by atoms with Crippen molar-refractivity contribution in [1.82, 2.24) is 0 Å². The van der Waals surface area contributed by atoms with Crippen molar-refractivity contribution in [1.29, 1.82) is 0 Å².